The smallest absolute Gasteiger partial charge is 0.0987 e. The summed E-state index contributed by atoms with van der Waals surface area (Å²) in [7, 11) is 1.76. The Morgan fingerprint density at radius 2 is 2.05 bits per heavy atom. The predicted octanol–water partition coefficient (Wildman–Crippen LogP) is 3.29. The number of hydrogen-bond donors (Lipinski definition) is 1. The Morgan fingerprint density at radius 3 is 2.63 bits per heavy atom. The van der Waals surface area contributed by atoms with Gasteiger partial charge in [0, 0.05) is 30.3 Å². The minimum absolute atomic E-state index is 0.165. The largest absolute Gasteiger partial charge is 0.377 e. The second-order valence-corrected chi connectivity index (χ2v) is 5.89. The van der Waals surface area contributed by atoms with E-state index in [4.69, 9.17) is 9.47 Å². The van der Waals surface area contributed by atoms with E-state index in [0.717, 1.165) is 17.5 Å². The average molecular weight is 328 g/mol. The first-order valence-corrected chi connectivity index (χ1v) is 7.61. The van der Waals surface area contributed by atoms with Crippen molar-refractivity contribution in [1.29, 1.82) is 0 Å². The molecule has 1 N–H and O–H groups in total. The maximum atomic E-state index is 5.64. The van der Waals surface area contributed by atoms with Gasteiger partial charge in [-0.3, -0.25) is 0 Å². The van der Waals surface area contributed by atoms with E-state index in [0.29, 0.717) is 12.1 Å². The van der Waals surface area contributed by atoms with Gasteiger partial charge >= 0.3 is 0 Å². The molecule has 1 aromatic carbocycles. The number of ether oxygens (including phenoxy) is 2. The normalized spacial score (nSPS) is 27.9. The van der Waals surface area contributed by atoms with Gasteiger partial charge in [0.15, 0.2) is 0 Å². The zero-order valence-electron chi connectivity index (χ0n) is 11.7. The zero-order chi connectivity index (χ0) is 13.8. The van der Waals surface area contributed by atoms with Crippen LogP contribution < -0.4 is 5.32 Å². The third-order valence-corrected chi connectivity index (χ3v) is 4.26. The van der Waals surface area contributed by atoms with E-state index >= 15 is 0 Å². The number of halogens is 1. The molecule has 0 saturated heterocycles. The summed E-state index contributed by atoms with van der Waals surface area (Å²) in [5.74, 6) is 0. The molecule has 2 rings (SSSR count). The molecular formula is C15H22BrNO2. The average Bonchev–Trinajstić information content (AvgIpc) is 2.38. The van der Waals surface area contributed by atoms with E-state index < -0.39 is 0 Å². The van der Waals surface area contributed by atoms with Gasteiger partial charge in [-0.25, -0.2) is 0 Å². The highest BCUT2D eigenvalue weighted by Crippen LogP contribution is 2.29. The van der Waals surface area contributed by atoms with Crippen LogP contribution in [-0.2, 0) is 9.47 Å². The van der Waals surface area contributed by atoms with E-state index in [1.165, 1.54) is 5.56 Å². The molecule has 0 heterocycles. The van der Waals surface area contributed by atoms with Gasteiger partial charge in [0.05, 0.1) is 12.2 Å². The predicted molar refractivity (Wildman–Crippen MR) is 80.3 cm³/mol. The van der Waals surface area contributed by atoms with Crippen LogP contribution in [0.15, 0.2) is 28.7 Å². The van der Waals surface area contributed by atoms with Crippen LogP contribution in [0.3, 0.4) is 0 Å². The van der Waals surface area contributed by atoms with Crippen molar-refractivity contribution in [1.82, 2.24) is 5.32 Å². The fourth-order valence-corrected chi connectivity index (χ4v) is 2.87. The maximum absolute atomic E-state index is 5.64. The van der Waals surface area contributed by atoms with Crippen LogP contribution in [0.25, 0.3) is 0 Å². The monoisotopic (exact) mass is 327 g/mol. The van der Waals surface area contributed by atoms with Gasteiger partial charge in [-0.1, -0.05) is 28.1 Å². The Balaban J connectivity index is 1.89. The molecule has 106 valence electrons. The van der Waals surface area contributed by atoms with Crippen molar-refractivity contribution in [3.63, 3.8) is 0 Å². The van der Waals surface area contributed by atoms with E-state index in [2.05, 4.69) is 52.4 Å². The number of benzene rings is 1. The van der Waals surface area contributed by atoms with Gasteiger partial charge in [0.2, 0.25) is 0 Å². The summed E-state index contributed by atoms with van der Waals surface area (Å²) in [5, 5.41) is 3.62. The lowest BCUT2D eigenvalue weighted by Gasteiger charge is -2.44. The summed E-state index contributed by atoms with van der Waals surface area (Å²) >= 11 is 3.46. The van der Waals surface area contributed by atoms with Crippen LogP contribution in [0.4, 0.5) is 0 Å². The summed E-state index contributed by atoms with van der Waals surface area (Å²) in [6, 6.07) is 9.12. The van der Waals surface area contributed by atoms with E-state index in [9.17, 15) is 0 Å². The molecule has 0 spiro atoms. The van der Waals surface area contributed by atoms with Crippen molar-refractivity contribution in [3.05, 3.63) is 34.3 Å². The van der Waals surface area contributed by atoms with Gasteiger partial charge < -0.3 is 14.8 Å². The summed E-state index contributed by atoms with van der Waals surface area (Å²) < 4.78 is 12.3. The molecule has 1 aliphatic carbocycles. The summed E-state index contributed by atoms with van der Waals surface area (Å²) in [6.07, 6.45) is 1.43. The van der Waals surface area contributed by atoms with Crippen LogP contribution in [0.5, 0.6) is 0 Å². The molecule has 1 saturated carbocycles. The molecule has 1 aromatic rings. The van der Waals surface area contributed by atoms with E-state index in [1.807, 2.05) is 6.92 Å². The van der Waals surface area contributed by atoms with Crippen molar-refractivity contribution in [2.24, 2.45) is 0 Å². The number of rotatable bonds is 6. The first-order chi connectivity index (χ1) is 9.15. The summed E-state index contributed by atoms with van der Waals surface area (Å²) in [4.78, 5) is 0. The Bertz CT molecular complexity index is 396. The van der Waals surface area contributed by atoms with Crippen molar-refractivity contribution >= 4 is 15.9 Å². The summed E-state index contributed by atoms with van der Waals surface area (Å²) in [5.41, 5.74) is 1.29. The standard InChI is InChI=1S/C15H22BrNO2/c1-4-19-14-9-13(15(14)18-3)17-10(2)11-5-7-12(16)8-6-11/h5-8,10,13-15,17H,4,9H2,1-3H3. The van der Waals surface area contributed by atoms with Gasteiger partial charge in [0.1, 0.15) is 0 Å². The van der Waals surface area contributed by atoms with Crippen LogP contribution in [0.1, 0.15) is 31.9 Å². The third kappa shape index (κ3) is 3.57. The minimum atomic E-state index is 0.165. The molecule has 3 nitrogen and oxygen atoms in total. The quantitative estimate of drug-likeness (QED) is 0.869. The van der Waals surface area contributed by atoms with Gasteiger partial charge in [-0.2, -0.15) is 0 Å². The lowest BCUT2D eigenvalue weighted by Crippen LogP contribution is -2.60. The second-order valence-electron chi connectivity index (χ2n) is 4.98. The number of hydrogen-bond acceptors (Lipinski definition) is 3. The molecule has 0 bridgehead atoms. The third-order valence-electron chi connectivity index (χ3n) is 3.74. The highest BCUT2D eigenvalue weighted by Gasteiger charge is 2.42. The second kappa shape index (κ2) is 6.84. The van der Waals surface area contributed by atoms with Crippen molar-refractivity contribution in [2.75, 3.05) is 13.7 Å². The molecule has 1 aliphatic rings. The molecule has 0 aromatic heterocycles. The van der Waals surface area contributed by atoms with Gasteiger partial charge in [-0.15, -0.1) is 0 Å². The first-order valence-electron chi connectivity index (χ1n) is 6.81. The molecule has 4 atom stereocenters. The molecule has 0 amide bonds. The van der Waals surface area contributed by atoms with E-state index in [-0.39, 0.29) is 12.2 Å². The molecule has 4 heteroatoms. The van der Waals surface area contributed by atoms with Crippen molar-refractivity contribution < 1.29 is 9.47 Å². The Morgan fingerprint density at radius 1 is 1.37 bits per heavy atom. The molecule has 4 unspecified atom stereocenters. The lowest BCUT2D eigenvalue weighted by molar-refractivity contribution is -0.133. The van der Waals surface area contributed by atoms with Gasteiger partial charge in [0.25, 0.3) is 0 Å². The number of nitrogens with one attached hydrogen (secondary N) is 1. The fraction of sp³-hybridized carbons (Fsp3) is 0.600. The molecule has 0 aliphatic heterocycles. The maximum Gasteiger partial charge on any atom is 0.0987 e. The van der Waals surface area contributed by atoms with Crippen molar-refractivity contribution in [2.45, 2.75) is 44.6 Å². The SMILES string of the molecule is CCOC1CC(NC(C)c2ccc(Br)cc2)C1OC. The molecule has 0 radical (unpaired) electrons. The Labute approximate surface area is 123 Å². The topological polar surface area (TPSA) is 30.5 Å². The van der Waals surface area contributed by atoms with Crippen LogP contribution in [-0.4, -0.2) is 32.0 Å². The van der Waals surface area contributed by atoms with Crippen LogP contribution >= 0.6 is 15.9 Å². The fourth-order valence-electron chi connectivity index (χ4n) is 2.61. The molecule has 19 heavy (non-hydrogen) atoms. The highest BCUT2D eigenvalue weighted by atomic mass is 79.9. The van der Waals surface area contributed by atoms with Crippen LogP contribution in [0, 0.1) is 0 Å². The summed E-state index contributed by atoms with van der Waals surface area (Å²) in [6.45, 7) is 4.96. The van der Waals surface area contributed by atoms with E-state index in [1.54, 1.807) is 7.11 Å². The Hall–Kier alpha value is -0.420. The van der Waals surface area contributed by atoms with Gasteiger partial charge in [-0.05, 0) is 38.0 Å². The highest BCUT2D eigenvalue weighted by molar-refractivity contribution is 9.10. The first kappa shape index (κ1) is 15.0. The van der Waals surface area contributed by atoms with Crippen molar-refractivity contribution in [3.8, 4) is 0 Å². The lowest BCUT2D eigenvalue weighted by atomic mass is 9.84. The molecule has 1 fully saturated rings. The Kier molecular flexibility index (Phi) is 5.39. The number of methoxy groups -OCH3 is 1. The minimum Gasteiger partial charge on any atom is -0.377 e. The van der Waals surface area contributed by atoms with Crippen LogP contribution in [0.2, 0.25) is 0 Å². The molecular weight excluding hydrogens is 306 g/mol. The zero-order valence-corrected chi connectivity index (χ0v) is 13.3.